The number of rotatable bonds is 4. The number of ether oxygens (including phenoxy) is 2. The summed E-state index contributed by atoms with van der Waals surface area (Å²) >= 11 is 1.28. The van der Waals surface area contributed by atoms with Gasteiger partial charge in [-0.05, 0) is 45.9 Å². The Morgan fingerprint density at radius 1 is 1.33 bits per heavy atom. The van der Waals surface area contributed by atoms with E-state index in [0.29, 0.717) is 17.1 Å². The van der Waals surface area contributed by atoms with Gasteiger partial charge in [0.2, 0.25) is 0 Å². The monoisotopic (exact) mass is 268 g/mol. The standard InChI is InChI=1S/C13H16O4S/c1-9(12(15)17-13(2,3)4)7-10-5-6-11(18-10)16-8-14/h5-8H,1-4H3. The molecule has 0 aliphatic carbocycles. The molecule has 98 valence electrons. The van der Waals surface area contributed by atoms with Crippen molar-refractivity contribution in [3.63, 3.8) is 0 Å². The summed E-state index contributed by atoms with van der Waals surface area (Å²) in [6.07, 6.45) is 1.70. The smallest absolute Gasteiger partial charge is 0.334 e. The lowest BCUT2D eigenvalue weighted by molar-refractivity contribution is -0.149. The lowest BCUT2D eigenvalue weighted by atomic mass is 10.2. The Kier molecular flexibility index (Phi) is 4.67. The van der Waals surface area contributed by atoms with Gasteiger partial charge in [-0.25, -0.2) is 4.79 Å². The first kappa shape index (κ1) is 14.4. The summed E-state index contributed by atoms with van der Waals surface area (Å²) in [4.78, 5) is 22.7. The summed E-state index contributed by atoms with van der Waals surface area (Å²) in [5.41, 5.74) is -0.00243. The molecule has 0 aromatic carbocycles. The number of hydrogen-bond acceptors (Lipinski definition) is 5. The third-order valence-corrected chi connectivity index (χ3v) is 2.77. The van der Waals surface area contributed by atoms with E-state index in [-0.39, 0.29) is 5.97 Å². The summed E-state index contributed by atoms with van der Waals surface area (Å²) in [5.74, 6) is -0.353. The van der Waals surface area contributed by atoms with Crippen LogP contribution in [0.4, 0.5) is 0 Å². The second kappa shape index (κ2) is 5.82. The van der Waals surface area contributed by atoms with E-state index in [9.17, 15) is 9.59 Å². The SMILES string of the molecule is CC(=Cc1ccc(OC=O)s1)C(=O)OC(C)(C)C. The Morgan fingerprint density at radius 2 is 2.00 bits per heavy atom. The largest absolute Gasteiger partial charge is 0.457 e. The number of carbonyl (C=O) groups is 2. The fraction of sp³-hybridized carbons (Fsp3) is 0.385. The molecule has 1 rings (SSSR count). The molecule has 0 radical (unpaired) electrons. The van der Waals surface area contributed by atoms with Gasteiger partial charge in [0.05, 0.1) is 0 Å². The molecule has 4 nitrogen and oxygen atoms in total. The lowest BCUT2D eigenvalue weighted by Gasteiger charge is -2.19. The van der Waals surface area contributed by atoms with Crippen molar-refractivity contribution in [2.75, 3.05) is 0 Å². The third kappa shape index (κ3) is 4.71. The summed E-state index contributed by atoms with van der Waals surface area (Å²) in [7, 11) is 0. The molecule has 0 spiro atoms. The predicted octanol–water partition coefficient (Wildman–Crippen LogP) is 3.03. The van der Waals surface area contributed by atoms with Gasteiger partial charge in [-0.3, -0.25) is 4.79 Å². The molecule has 0 saturated carbocycles. The molecule has 0 amide bonds. The summed E-state index contributed by atoms with van der Waals surface area (Å²) in [5, 5.41) is 0.494. The van der Waals surface area contributed by atoms with Crippen molar-refractivity contribution in [3.05, 3.63) is 22.6 Å². The number of thiophene rings is 1. The minimum atomic E-state index is -0.507. The van der Waals surface area contributed by atoms with Crippen LogP contribution in [0.5, 0.6) is 5.06 Å². The Labute approximate surface area is 110 Å². The first-order chi connectivity index (χ1) is 8.31. The van der Waals surface area contributed by atoms with Crippen LogP contribution in [-0.2, 0) is 14.3 Å². The van der Waals surface area contributed by atoms with Crippen LogP contribution in [0.1, 0.15) is 32.6 Å². The second-order valence-electron chi connectivity index (χ2n) is 4.70. The molecule has 5 heteroatoms. The Balaban J connectivity index is 2.75. The quantitative estimate of drug-likeness (QED) is 0.478. The van der Waals surface area contributed by atoms with E-state index in [1.165, 1.54) is 11.3 Å². The highest BCUT2D eigenvalue weighted by Crippen LogP contribution is 2.26. The van der Waals surface area contributed by atoms with E-state index < -0.39 is 5.60 Å². The van der Waals surface area contributed by atoms with E-state index in [4.69, 9.17) is 9.47 Å². The topological polar surface area (TPSA) is 52.6 Å². The Morgan fingerprint density at radius 3 is 2.56 bits per heavy atom. The molecule has 0 N–H and O–H groups in total. The molecule has 0 bridgehead atoms. The van der Waals surface area contributed by atoms with Gasteiger partial charge in [0.25, 0.3) is 6.47 Å². The average Bonchev–Trinajstić information content (AvgIpc) is 2.63. The summed E-state index contributed by atoms with van der Waals surface area (Å²) < 4.78 is 9.94. The highest BCUT2D eigenvalue weighted by molar-refractivity contribution is 7.14. The maximum atomic E-state index is 11.7. The lowest BCUT2D eigenvalue weighted by Crippen LogP contribution is -2.24. The molecule has 1 heterocycles. The van der Waals surface area contributed by atoms with Gasteiger partial charge in [0.15, 0.2) is 5.06 Å². The van der Waals surface area contributed by atoms with E-state index >= 15 is 0 Å². The van der Waals surface area contributed by atoms with Gasteiger partial charge >= 0.3 is 5.97 Å². The van der Waals surface area contributed by atoms with Crippen LogP contribution >= 0.6 is 11.3 Å². The minimum absolute atomic E-state index is 0.353. The number of esters is 1. The molecule has 0 aliphatic heterocycles. The molecule has 1 aromatic heterocycles. The molecule has 0 aliphatic rings. The Bertz CT molecular complexity index is 466. The van der Waals surface area contributed by atoms with Crippen molar-refractivity contribution in [1.29, 1.82) is 0 Å². The van der Waals surface area contributed by atoms with Crippen molar-refractivity contribution in [2.24, 2.45) is 0 Å². The molecular weight excluding hydrogens is 252 g/mol. The van der Waals surface area contributed by atoms with Crippen LogP contribution in [0.15, 0.2) is 17.7 Å². The molecular formula is C13H16O4S. The second-order valence-corrected chi connectivity index (χ2v) is 5.78. The molecule has 0 atom stereocenters. The average molecular weight is 268 g/mol. The molecule has 18 heavy (non-hydrogen) atoms. The van der Waals surface area contributed by atoms with E-state index in [1.807, 2.05) is 20.8 Å². The van der Waals surface area contributed by atoms with E-state index in [0.717, 1.165) is 4.88 Å². The zero-order chi connectivity index (χ0) is 13.8. The third-order valence-electron chi connectivity index (χ3n) is 1.85. The minimum Gasteiger partial charge on any atom is -0.457 e. The highest BCUT2D eigenvalue weighted by Gasteiger charge is 2.17. The fourth-order valence-corrected chi connectivity index (χ4v) is 1.98. The summed E-state index contributed by atoms with van der Waals surface area (Å²) in [6, 6.07) is 3.45. The van der Waals surface area contributed by atoms with Gasteiger partial charge in [0.1, 0.15) is 5.60 Å². The molecule has 1 aromatic rings. The first-order valence-corrected chi connectivity index (χ1v) is 6.25. The van der Waals surface area contributed by atoms with Crippen LogP contribution in [0.3, 0.4) is 0 Å². The van der Waals surface area contributed by atoms with Crippen molar-refractivity contribution in [3.8, 4) is 5.06 Å². The van der Waals surface area contributed by atoms with E-state index in [2.05, 4.69) is 0 Å². The number of carbonyl (C=O) groups excluding carboxylic acids is 2. The van der Waals surface area contributed by atoms with Crippen molar-refractivity contribution in [2.45, 2.75) is 33.3 Å². The van der Waals surface area contributed by atoms with Crippen LogP contribution in [-0.4, -0.2) is 18.0 Å². The van der Waals surface area contributed by atoms with E-state index in [1.54, 1.807) is 25.1 Å². The number of hydrogen-bond donors (Lipinski definition) is 0. The van der Waals surface area contributed by atoms with Crippen LogP contribution in [0.2, 0.25) is 0 Å². The normalized spacial score (nSPS) is 12.1. The molecule has 0 unspecified atom stereocenters. The zero-order valence-corrected chi connectivity index (χ0v) is 11.7. The van der Waals surface area contributed by atoms with Crippen LogP contribution < -0.4 is 4.74 Å². The van der Waals surface area contributed by atoms with Crippen molar-refractivity contribution in [1.82, 2.24) is 0 Å². The van der Waals surface area contributed by atoms with Crippen LogP contribution in [0, 0.1) is 0 Å². The van der Waals surface area contributed by atoms with Gasteiger partial charge in [-0.1, -0.05) is 11.3 Å². The molecule has 0 fully saturated rings. The van der Waals surface area contributed by atoms with Crippen LogP contribution in [0.25, 0.3) is 6.08 Å². The van der Waals surface area contributed by atoms with Gasteiger partial charge < -0.3 is 9.47 Å². The zero-order valence-electron chi connectivity index (χ0n) is 10.9. The maximum Gasteiger partial charge on any atom is 0.334 e. The maximum absolute atomic E-state index is 11.7. The fourth-order valence-electron chi connectivity index (χ4n) is 1.15. The van der Waals surface area contributed by atoms with Gasteiger partial charge in [-0.2, -0.15) is 0 Å². The molecule has 0 saturated heterocycles. The van der Waals surface area contributed by atoms with Gasteiger partial charge in [0, 0.05) is 10.5 Å². The predicted molar refractivity (Wildman–Crippen MR) is 70.5 cm³/mol. The Hall–Kier alpha value is -1.62. The van der Waals surface area contributed by atoms with Gasteiger partial charge in [-0.15, -0.1) is 0 Å². The van der Waals surface area contributed by atoms with Crippen molar-refractivity contribution >= 4 is 29.9 Å². The van der Waals surface area contributed by atoms with Crippen molar-refractivity contribution < 1.29 is 19.1 Å². The highest BCUT2D eigenvalue weighted by atomic mass is 32.1. The first-order valence-electron chi connectivity index (χ1n) is 5.43. The summed E-state index contributed by atoms with van der Waals surface area (Å²) in [6.45, 7) is 7.52.